The lowest BCUT2D eigenvalue weighted by molar-refractivity contribution is 0.0697. The van der Waals surface area contributed by atoms with Gasteiger partial charge in [-0.3, -0.25) is 9.78 Å². The summed E-state index contributed by atoms with van der Waals surface area (Å²) in [5.41, 5.74) is -0.0992. The Balaban J connectivity index is 1.97. The average molecular weight is 329 g/mol. The fourth-order valence-corrected chi connectivity index (χ4v) is 2.75. The summed E-state index contributed by atoms with van der Waals surface area (Å²) in [6.07, 6.45) is 0. The lowest BCUT2D eigenvalue weighted by atomic mass is 10.1. The second-order valence-corrected chi connectivity index (χ2v) is 5.69. The normalized spacial score (nSPS) is 10.6. The predicted molar refractivity (Wildman–Crippen MR) is 84.9 cm³/mol. The molecule has 0 radical (unpaired) electrons. The van der Waals surface area contributed by atoms with Crippen molar-refractivity contribution in [1.82, 2.24) is 14.8 Å². The molecule has 0 aliphatic rings. The molecule has 0 saturated heterocycles. The van der Waals surface area contributed by atoms with Crippen molar-refractivity contribution in [3.05, 3.63) is 73.7 Å². The summed E-state index contributed by atoms with van der Waals surface area (Å²) in [5, 5.41) is 14.8. The maximum absolute atomic E-state index is 11.9. The van der Waals surface area contributed by atoms with Gasteiger partial charge in [-0.15, -0.1) is 11.3 Å². The average Bonchev–Trinajstić information content (AvgIpc) is 3.04. The van der Waals surface area contributed by atoms with Gasteiger partial charge >= 0.3 is 11.7 Å². The molecule has 0 amide bonds. The first-order valence-corrected chi connectivity index (χ1v) is 7.50. The molecule has 0 aliphatic carbocycles. The van der Waals surface area contributed by atoms with E-state index in [0.29, 0.717) is 10.4 Å². The van der Waals surface area contributed by atoms with Crippen molar-refractivity contribution in [3.63, 3.8) is 0 Å². The topological polar surface area (TPSA) is 105 Å². The molecular weight excluding hydrogens is 318 g/mol. The van der Waals surface area contributed by atoms with Crippen molar-refractivity contribution < 1.29 is 9.90 Å². The molecular formula is C15H11N3O4S. The van der Waals surface area contributed by atoms with Crippen LogP contribution in [0.4, 0.5) is 0 Å². The van der Waals surface area contributed by atoms with Gasteiger partial charge in [0, 0.05) is 0 Å². The van der Waals surface area contributed by atoms with Gasteiger partial charge < -0.3 is 5.11 Å². The summed E-state index contributed by atoms with van der Waals surface area (Å²) in [6, 6.07) is 9.66. The van der Waals surface area contributed by atoms with Crippen molar-refractivity contribution in [2.75, 3.05) is 0 Å². The molecule has 3 rings (SSSR count). The smallest absolute Gasteiger partial charge is 0.345 e. The van der Waals surface area contributed by atoms with Crippen LogP contribution in [-0.2, 0) is 6.54 Å². The van der Waals surface area contributed by atoms with Gasteiger partial charge in [0.1, 0.15) is 0 Å². The highest BCUT2D eigenvalue weighted by atomic mass is 32.1. The zero-order valence-corrected chi connectivity index (χ0v) is 12.5. The summed E-state index contributed by atoms with van der Waals surface area (Å²) in [4.78, 5) is 37.5. The predicted octanol–water partition coefficient (Wildman–Crippen LogP) is 1.41. The largest absolute Gasteiger partial charge is 0.478 e. The Morgan fingerprint density at radius 2 is 1.96 bits per heavy atom. The molecule has 2 heterocycles. The Morgan fingerprint density at radius 3 is 2.57 bits per heavy atom. The van der Waals surface area contributed by atoms with Gasteiger partial charge in [-0.2, -0.15) is 5.10 Å². The third kappa shape index (κ3) is 3.11. The number of aromatic amines is 1. The summed E-state index contributed by atoms with van der Waals surface area (Å²) >= 11 is 1.35. The molecule has 0 bridgehead atoms. The minimum atomic E-state index is -1.02. The number of carbonyl (C=O) groups is 1. The van der Waals surface area contributed by atoms with Gasteiger partial charge in [0.05, 0.1) is 17.0 Å². The number of H-pyrrole nitrogens is 1. The van der Waals surface area contributed by atoms with E-state index in [1.807, 2.05) is 5.38 Å². The fraction of sp³-hybridized carbons (Fsp3) is 0.0667. The van der Waals surface area contributed by atoms with E-state index in [1.165, 1.54) is 23.5 Å². The summed E-state index contributed by atoms with van der Waals surface area (Å²) in [5.74, 6) is -1.02. The number of nitrogens with one attached hydrogen (secondary N) is 1. The van der Waals surface area contributed by atoms with Crippen molar-refractivity contribution in [2.24, 2.45) is 0 Å². The van der Waals surface area contributed by atoms with Crippen LogP contribution in [0.15, 0.2) is 51.4 Å². The number of nitrogens with zero attached hydrogens (tertiary/aromatic N) is 2. The highest BCUT2D eigenvalue weighted by Crippen LogP contribution is 2.18. The number of benzene rings is 1. The first kappa shape index (κ1) is 14.9. The molecule has 7 nitrogen and oxygen atoms in total. The Kier molecular flexibility index (Phi) is 3.90. The SMILES string of the molecule is O=C(O)c1ccc(Cn2nc(-c3cccs3)c(=O)[nH]c2=O)cc1. The van der Waals surface area contributed by atoms with Crippen LogP contribution in [0.2, 0.25) is 0 Å². The molecule has 23 heavy (non-hydrogen) atoms. The molecule has 2 N–H and O–H groups in total. The number of thiophene rings is 1. The van der Waals surface area contributed by atoms with Crippen LogP contribution in [-0.4, -0.2) is 25.8 Å². The number of carboxylic acids is 1. The summed E-state index contributed by atoms with van der Waals surface area (Å²) in [6.45, 7) is 0.133. The molecule has 0 atom stereocenters. The first-order chi connectivity index (χ1) is 11.0. The number of hydrogen-bond acceptors (Lipinski definition) is 5. The van der Waals surface area contributed by atoms with Crippen LogP contribution in [0.25, 0.3) is 10.6 Å². The second-order valence-electron chi connectivity index (χ2n) is 4.74. The van der Waals surface area contributed by atoms with E-state index in [4.69, 9.17) is 5.11 Å². The molecule has 0 aliphatic heterocycles. The van der Waals surface area contributed by atoms with E-state index in [9.17, 15) is 14.4 Å². The molecule has 0 spiro atoms. The van der Waals surface area contributed by atoms with Crippen molar-refractivity contribution in [2.45, 2.75) is 6.54 Å². The summed E-state index contributed by atoms with van der Waals surface area (Å²) < 4.78 is 1.15. The van der Waals surface area contributed by atoms with E-state index in [2.05, 4.69) is 10.1 Å². The molecule has 0 fully saturated rings. The second kappa shape index (κ2) is 6.01. The van der Waals surface area contributed by atoms with Crippen LogP contribution < -0.4 is 11.2 Å². The number of rotatable bonds is 4. The molecule has 3 aromatic rings. The van der Waals surface area contributed by atoms with Crippen LogP contribution in [0.5, 0.6) is 0 Å². The molecule has 2 aromatic heterocycles. The zero-order valence-electron chi connectivity index (χ0n) is 11.7. The van der Waals surface area contributed by atoms with Gasteiger partial charge in [0.15, 0.2) is 5.69 Å². The minimum absolute atomic E-state index is 0.133. The zero-order chi connectivity index (χ0) is 16.4. The van der Waals surface area contributed by atoms with Gasteiger partial charge in [-0.1, -0.05) is 18.2 Å². The van der Waals surface area contributed by atoms with Crippen molar-refractivity contribution in [1.29, 1.82) is 0 Å². The Morgan fingerprint density at radius 1 is 1.22 bits per heavy atom. The summed E-state index contributed by atoms with van der Waals surface area (Å²) in [7, 11) is 0. The monoisotopic (exact) mass is 329 g/mol. The third-order valence-corrected chi connectivity index (χ3v) is 4.06. The lowest BCUT2D eigenvalue weighted by Crippen LogP contribution is -2.33. The first-order valence-electron chi connectivity index (χ1n) is 6.62. The van der Waals surface area contributed by atoms with Crippen molar-refractivity contribution >= 4 is 17.3 Å². The van der Waals surface area contributed by atoms with Gasteiger partial charge in [0.2, 0.25) is 0 Å². The van der Waals surface area contributed by atoms with Crippen LogP contribution in [0.3, 0.4) is 0 Å². The molecule has 1 aromatic carbocycles. The van der Waals surface area contributed by atoms with E-state index >= 15 is 0 Å². The Hall–Kier alpha value is -3.00. The molecule has 116 valence electrons. The number of aromatic nitrogens is 3. The van der Waals surface area contributed by atoms with Crippen molar-refractivity contribution in [3.8, 4) is 10.6 Å². The van der Waals surface area contributed by atoms with Gasteiger partial charge in [-0.25, -0.2) is 14.3 Å². The highest BCUT2D eigenvalue weighted by Gasteiger charge is 2.11. The van der Waals surface area contributed by atoms with Crippen LogP contribution in [0, 0.1) is 0 Å². The third-order valence-electron chi connectivity index (χ3n) is 3.18. The van der Waals surface area contributed by atoms with Gasteiger partial charge in [-0.05, 0) is 29.1 Å². The number of hydrogen-bond donors (Lipinski definition) is 2. The van der Waals surface area contributed by atoms with E-state index in [0.717, 1.165) is 4.68 Å². The molecule has 8 heteroatoms. The molecule has 0 saturated carbocycles. The molecule has 0 unspecified atom stereocenters. The Labute approximate surface area is 133 Å². The van der Waals surface area contributed by atoms with Crippen LogP contribution >= 0.6 is 11.3 Å². The maximum Gasteiger partial charge on any atom is 0.345 e. The Bertz CT molecular complexity index is 956. The maximum atomic E-state index is 11.9. The standard InChI is InChI=1S/C15H11N3O4S/c19-13-12(11-2-1-7-23-11)17-18(15(22)16-13)8-9-3-5-10(6-4-9)14(20)21/h1-7H,8H2,(H,20,21)(H,16,19,22). The highest BCUT2D eigenvalue weighted by molar-refractivity contribution is 7.13. The van der Waals surface area contributed by atoms with E-state index in [-0.39, 0.29) is 17.8 Å². The quantitative estimate of drug-likeness (QED) is 0.753. The van der Waals surface area contributed by atoms with Gasteiger partial charge in [0.25, 0.3) is 5.56 Å². The minimum Gasteiger partial charge on any atom is -0.478 e. The number of aromatic carboxylic acids is 1. The van der Waals surface area contributed by atoms with Crippen LogP contribution in [0.1, 0.15) is 15.9 Å². The number of carboxylic acid groups (broad SMARTS) is 1. The van der Waals surface area contributed by atoms with E-state index < -0.39 is 17.2 Å². The van der Waals surface area contributed by atoms with E-state index in [1.54, 1.807) is 24.3 Å². The fourth-order valence-electron chi connectivity index (χ4n) is 2.04. The lowest BCUT2D eigenvalue weighted by Gasteiger charge is -2.06.